The maximum absolute atomic E-state index is 5.94. The van der Waals surface area contributed by atoms with Crippen LogP contribution in [0.15, 0.2) is 22.7 Å². The minimum Gasteiger partial charge on any atom is -0.379 e. The highest BCUT2D eigenvalue weighted by molar-refractivity contribution is 9.10. The molecule has 1 aliphatic heterocycles. The first-order valence-electron chi connectivity index (χ1n) is 6.85. The second-order valence-electron chi connectivity index (χ2n) is 5.48. The van der Waals surface area contributed by atoms with E-state index >= 15 is 0 Å². The van der Waals surface area contributed by atoms with Gasteiger partial charge in [-0.15, -0.1) is 0 Å². The number of anilines is 1. The zero-order valence-corrected chi connectivity index (χ0v) is 13.5. The zero-order valence-electron chi connectivity index (χ0n) is 11.9. The number of methoxy groups -OCH3 is 1. The molecule has 0 aliphatic carbocycles. The van der Waals surface area contributed by atoms with Crippen LogP contribution in [0.2, 0.25) is 0 Å². The van der Waals surface area contributed by atoms with Crippen molar-refractivity contribution in [3.8, 4) is 0 Å². The molecule has 0 spiro atoms. The summed E-state index contributed by atoms with van der Waals surface area (Å²) in [5.74, 6) is 0.632. The molecule has 0 aromatic heterocycles. The van der Waals surface area contributed by atoms with Gasteiger partial charge in [0.1, 0.15) is 0 Å². The van der Waals surface area contributed by atoms with E-state index < -0.39 is 0 Å². The molecule has 1 heterocycles. The Morgan fingerprint density at radius 2 is 2.21 bits per heavy atom. The van der Waals surface area contributed by atoms with E-state index in [9.17, 15) is 0 Å². The Morgan fingerprint density at radius 1 is 1.47 bits per heavy atom. The fraction of sp³-hybridized carbons (Fsp3) is 0.600. The molecule has 4 heteroatoms. The maximum Gasteiger partial charge on any atom is 0.0772 e. The summed E-state index contributed by atoms with van der Waals surface area (Å²) in [7, 11) is 1.81. The van der Waals surface area contributed by atoms with Gasteiger partial charge < -0.3 is 15.4 Å². The quantitative estimate of drug-likeness (QED) is 0.925. The molecular weight excluding hydrogens is 304 g/mol. The molecule has 0 saturated carbocycles. The third-order valence-corrected chi connectivity index (χ3v) is 4.72. The summed E-state index contributed by atoms with van der Waals surface area (Å²) in [5.41, 5.74) is 8.33. The van der Waals surface area contributed by atoms with Crippen molar-refractivity contribution in [1.82, 2.24) is 0 Å². The maximum atomic E-state index is 5.94. The number of rotatable bonds is 3. The molecule has 2 rings (SSSR count). The van der Waals surface area contributed by atoms with Gasteiger partial charge in [0.05, 0.1) is 6.10 Å². The molecule has 1 saturated heterocycles. The molecule has 0 radical (unpaired) electrons. The summed E-state index contributed by atoms with van der Waals surface area (Å²) >= 11 is 3.62. The fourth-order valence-electron chi connectivity index (χ4n) is 2.66. The number of piperidine rings is 1. The van der Waals surface area contributed by atoms with Crippen molar-refractivity contribution in [2.24, 2.45) is 11.7 Å². The third kappa shape index (κ3) is 3.30. The first-order chi connectivity index (χ1) is 9.02. The predicted octanol–water partition coefficient (Wildman–Crippen LogP) is 3.33. The van der Waals surface area contributed by atoms with Gasteiger partial charge in [-0.3, -0.25) is 0 Å². The van der Waals surface area contributed by atoms with Gasteiger partial charge in [0.15, 0.2) is 0 Å². The van der Waals surface area contributed by atoms with Gasteiger partial charge in [0.25, 0.3) is 0 Å². The fourth-order valence-corrected chi connectivity index (χ4v) is 3.38. The number of nitrogens with zero attached hydrogens (tertiary/aromatic N) is 1. The Labute approximate surface area is 124 Å². The van der Waals surface area contributed by atoms with Crippen LogP contribution in [0.1, 0.15) is 31.9 Å². The summed E-state index contributed by atoms with van der Waals surface area (Å²) < 4.78 is 6.66. The first kappa shape index (κ1) is 14.8. The molecule has 0 bridgehead atoms. The smallest absolute Gasteiger partial charge is 0.0772 e. The van der Waals surface area contributed by atoms with Crippen molar-refractivity contribution in [1.29, 1.82) is 0 Å². The summed E-state index contributed by atoms with van der Waals surface area (Å²) in [5, 5.41) is 0. The summed E-state index contributed by atoms with van der Waals surface area (Å²) in [6.45, 7) is 6.32. The van der Waals surface area contributed by atoms with Crippen LogP contribution in [0.25, 0.3) is 0 Å². The van der Waals surface area contributed by atoms with E-state index in [4.69, 9.17) is 10.5 Å². The Balaban J connectivity index is 2.16. The minimum atomic E-state index is 0.0523. The van der Waals surface area contributed by atoms with Crippen molar-refractivity contribution >= 4 is 21.6 Å². The van der Waals surface area contributed by atoms with Gasteiger partial charge in [-0.1, -0.05) is 28.9 Å². The Kier molecular flexibility index (Phi) is 4.87. The van der Waals surface area contributed by atoms with Gasteiger partial charge in [0, 0.05) is 36.4 Å². The third-order valence-electron chi connectivity index (χ3n) is 4.03. The Bertz CT molecular complexity index is 436. The van der Waals surface area contributed by atoms with Crippen LogP contribution in [0.4, 0.5) is 5.69 Å². The molecule has 2 unspecified atom stereocenters. The molecule has 19 heavy (non-hydrogen) atoms. The Hall–Kier alpha value is -0.580. The van der Waals surface area contributed by atoms with Gasteiger partial charge in [-0.25, -0.2) is 0 Å². The lowest BCUT2D eigenvalue weighted by molar-refractivity contribution is 0.0498. The van der Waals surface area contributed by atoms with E-state index in [2.05, 4.69) is 46.0 Å². The highest BCUT2D eigenvalue weighted by Crippen LogP contribution is 2.30. The standard InChI is InChI=1S/C15H23BrN2O/c1-10-6-7-18(9-15(10)19-3)12-4-5-13(11(2)17)14(16)8-12/h4-5,8,10-11,15H,6-7,9,17H2,1-3H3/t10?,11-,15?/m1/s1. The average Bonchev–Trinajstić information content (AvgIpc) is 2.38. The van der Waals surface area contributed by atoms with Gasteiger partial charge >= 0.3 is 0 Å². The second-order valence-corrected chi connectivity index (χ2v) is 6.33. The van der Waals surface area contributed by atoms with Crippen LogP contribution in [0.3, 0.4) is 0 Å². The van der Waals surface area contributed by atoms with Crippen LogP contribution in [0.5, 0.6) is 0 Å². The second kappa shape index (κ2) is 6.25. The van der Waals surface area contributed by atoms with E-state index in [1.165, 1.54) is 12.1 Å². The molecule has 1 aromatic rings. The SMILES string of the molecule is COC1CN(c2ccc([C@@H](C)N)c(Br)c2)CCC1C. The largest absolute Gasteiger partial charge is 0.379 e. The lowest BCUT2D eigenvalue weighted by Crippen LogP contribution is -2.43. The van der Waals surface area contributed by atoms with Crippen molar-refractivity contribution in [3.63, 3.8) is 0 Å². The van der Waals surface area contributed by atoms with E-state index in [1.54, 1.807) is 7.11 Å². The lowest BCUT2D eigenvalue weighted by atomic mass is 9.95. The number of nitrogens with two attached hydrogens (primary N) is 1. The van der Waals surface area contributed by atoms with Gasteiger partial charge in [-0.2, -0.15) is 0 Å². The number of hydrogen-bond donors (Lipinski definition) is 1. The van der Waals surface area contributed by atoms with Crippen molar-refractivity contribution in [3.05, 3.63) is 28.2 Å². The summed E-state index contributed by atoms with van der Waals surface area (Å²) in [6, 6.07) is 6.49. The van der Waals surface area contributed by atoms with Crippen LogP contribution in [0, 0.1) is 5.92 Å². The number of ether oxygens (including phenoxy) is 1. The van der Waals surface area contributed by atoms with E-state index in [0.717, 1.165) is 23.1 Å². The molecule has 1 aliphatic rings. The van der Waals surface area contributed by atoms with Crippen LogP contribution in [-0.2, 0) is 4.74 Å². The number of hydrogen-bond acceptors (Lipinski definition) is 3. The van der Waals surface area contributed by atoms with Crippen LogP contribution < -0.4 is 10.6 Å². The minimum absolute atomic E-state index is 0.0523. The Morgan fingerprint density at radius 3 is 2.79 bits per heavy atom. The summed E-state index contributed by atoms with van der Waals surface area (Å²) in [4.78, 5) is 2.39. The van der Waals surface area contributed by atoms with Crippen molar-refractivity contribution < 1.29 is 4.74 Å². The molecule has 2 N–H and O–H groups in total. The van der Waals surface area contributed by atoms with Crippen molar-refractivity contribution in [2.45, 2.75) is 32.4 Å². The van der Waals surface area contributed by atoms with Gasteiger partial charge in [-0.05, 0) is 37.0 Å². The normalized spacial score (nSPS) is 25.4. The molecule has 0 amide bonds. The van der Waals surface area contributed by atoms with E-state index in [-0.39, 0.29) is 6.04 Å². The highest BCUT2D eigenvalue weighted by Gasteiger charge is 2.26. The summed E-state index contributed by atoms with van der Waals surface area (Å²) in [6.07, 6.45) is 1.49. The molecule has 3 nitrogen and oxygen atoms in total. The first-order valence-corrected chi connectivity index (χ1v) is 7.65. The average molecular weight is 327 g/mol. The number of benzene rings is 1. The van der Waals surface area contributed by atoms with Crippen LogP contribution >= 0.6 is 15.9 Å². The molecule has 3 atom stereocenters. The topological polar surface area (TPSA) is 38.5 Å². The highest BCUT2D eigenvalue weighted by atomic mass is 79.9. The van der Waals surface area contributed by atoms with Crippen molar-refractivity contribution in [2.75, 3.05) is 25.1 Å². The molecular formula is C15H23BrN2O. The molecule has 1 fully saturated rings. The lowest BCUT2D eigenvalue weighted by Gasteiger charge is -2.37. The van der Waals surface area contributed by atoms with E-state index in [0.29, 0.717) is 12.0 Å². The van der Waals surface area contributed by atoms with E-state index in [1.807, 2.05) is 6.92 Å². The predicted molar refractivity (Wildman–Crippen MR) is 83.5 cm³/mol. The molecule has 1 aromatic carbocycles. The number of halogens is 1. The van der Waals surface area contributed by atoms with Gasteiger partial charge in [0.2, 0.25) is 0 Å². The van der Waals surface area contributed by atoms with Crippen LogP contribution in [-0.4, -0.2) is 26.3 Å². The monoisotopic (exact) mass is 326 g/mol. The molecule has 106 valence electrons. The zero-order chi connectivity index (χ0) is 14.0.